The largest absolute Gasteiger partial charge is 0.493 e. The number of rotatable bonds is 9. The number of carboxylic acids is 1. The maximum atomic E-state index is 11.2. The lowest BCUT2D eigenvalue weighted by Gasteiger charge is -2.14. The van der Waals surface area contributed by atoms with E-state index in [0.29, 0.717) is 24.9 Å². The number of hydrogen-bond acceptors (Lipinski definition) is 4. The van der Waals surface area contributed by atoms with Gasteiger partial charge in [0.15, 0.2) is 11.5 Å². The Morgan fingerprint density at radius 2 is 2.00 bits per heavy atom. The fourth-order valence-corrected chi connectivity index (χ4v) is 1.86. The number of methoxy groups -OCH3 is 1. The van der Waals surface area contributed by atoms with Gasteiger partial charge < -0.3 is 19.3 Å². The summed E-state index contributed by atoms with van der Waals surface area (Å²) >= 11 is 5.85. The van der Waals surface area contributed by atoms with Crippen molar-refractivity contribution in [1.29, 1.82) is 0 Å². The van der Waals surface area contributed by atoms with Gasteiger partial charge >= 0.3 is 5.97 Å². The van der Waals surface area contributed by atoms with Gasteiger partial charge in [0.1, 0.15) is 12.2 Å². The normalized spacial score (nSPS) is 10.7. The van der Waals surface area contributed by atoms with Gasteiger partial charge in [0, 0.05) is 17.7 Å². The fourth-order valence-electron chi connectivity index (χ4n) is 1.65. The summed E-state index contributed by atoms with van der Waals surface area (Å²) in [6.45, 7) is 5.54. The summed E-state index contributed by atoms with van der Waals surface area (Å²) in [7, 11) is 1.43. The zero-order chi connectivity index (χ0) is 15.8. The van der Waals surface area contributed by atoms with Crippen molar-refractivity contribution in [2.45, 2.75) is 20.3 Å². The zero-order valence-electron chi connectivity index (χ0n) is 12.5. The van der Waals surface area contributed by atoms with Gasteiger partial charge in [-0.05, 0) is 18.4 Å². The van der Waals surface area contributed by atoms with Crippen molar-refractivity contribution < 1.29 is 24.1 Å². The molecule has 21 heavy (non-hydrogen) atoms. The Morgan fingerprint density at radius 3 is 2.57 bits per heavy atom. The molecule has 1 rings (SSSR count). The first kappa shape index (κ1) is 17.6. The summed E-state index contributed by atoms with van der Waals surface area (Å²) in [6, 6.07) is 2.85. The van der Waals surface area contributed by atoms with E-state index in [1.165, 1.54) is 19.2 Å². The van der Waals surface area contributed by atoms with Crippen LogP contribution in [-0.2, 0) is 4.74 Å². The van der Waals surface area contributed by atoms with Gasteiger partial charge in [0.2, 0.25) is 0 Å². The maximum absolute atomic E-state index is 11.2. The van der Waals surface area contributed by atoms with E-state index < -0.39 is 5.97 Å². The molecule has 6 heteroatoms. The Bertz CT molecular complexity index is 473. The predicted molar refractivity (Wildman–Crippen MR) is 80.7 cm³/mol. The van der Waals surface area contributed by atoms with Gasteiger partial charge in [0.25, 0.3) is 0 Å². The summed E-state index contributed by atoms with van der Waals surface area (Å²) in [5, 5.41) is 9.47. The molecule has 5 nitrogen and oxygen atoms in total. The van der Waals surface area contributed by atoms with Crippen LogP contribution in [0.2, 0.25) is 5.02 Å². The number of carbonyl (C=O) groups is 1. The highest BCUT2D eigenvalue weighted by atomic mass is 35.5. The first-order chi connectivity index (χ1) is 9.95. The molecule has 0 aliphatic rings. The van der Waals surface area contributed by atoms with Crippen LogP contribution < -0.4 is 9.47 Å². The predicted octanol–water partition coefficient (Wildman–Crippen LogP) is 3.49. The van der Waals surface area contributed by atoms with Crippen molar-refractivity contribution in [3.8, 4) is 11.5 Å². The average Bonchev–Trinajstić information content (AvgIpc) is 2.42. The lowest BCUT2D eigenvalue weighted by Crippen LogP contribution is -2.11. The van der Waals surface area contributed by atoms with Crippen molar-refractivity contribution in [3.05, 3.63) is 22.7 Å². The molecule has 0 bridgehead atoms. The van der Waals surface area contributed by atoms with Crippen molar-refractivity contribution >= 4 is 17.6 Å². The zero-order valence-corrected chi connectivity index (χ0v) is 13.3. The minimum atomic E-state index is -1.12. The minimum absolute atomic E-state index is 0.0264. The molecule has 0 heterocycles. The molecule has 0 amide bonds. The lowest BCUT2D eigenvalue weighted by atomic mass is 10.1. The Labute approximate surface area is 129 Å². The number of benzene rings is 1. The molecule has 0 aliphatic heterocycles. The van der Waals surface area contributed by atoms with Gasteiger partial charge in [-0.3, -0.25) is 0 Å². The third kappa shape index (κ3) is 5.81. The highest BCUT2D eigenvalue weighted by molar-refractivity contribution is 6.31. The molecule has 1 aromatic rings. The van der Waals surface area contributed by atoms with E-state index in [1.54, 1.807) is 0 Å². The summed E-state index contributed by atoms with van der Waals surface area (Å²) in [4.78, 5) is 11.2. The molecule has 0 spiro atoms. The molecule has 0 aromatic heterocycles. The maximum Gasteiger partial charge on any atom is 0.339 e. The number of hydrogen-bond donors (Lipinski definition) is 1. The second kappa shape index (κ2) is 8.74. The van der Waals surface area contributed by atoms with Gasteiger partial charge in [-0.25, -0.2) is 4.79 Å². The SMILES string of the molecule is COc1cc(Cl)cc(C(=O)O)c1OCCOCCC(C)C. The molecular weight excluding hydrogens is 296 g/mol. The summed E-state index contributed by atoms with van der Waals surface area (Å²) in [6.07, 6.45) is 0.977. The van der Waals surface area contributed by atoms with E-state index in [2.05, 4.69) is 13.8 Å². The molecular formula is C15H21ClO5. The second-order valence-corrected chi connectivity index (χ2v) is 5.37. The Kier molecular flexibility index (Phi) is 7.32. The molecule has 0 fully saturated rings. The van der Waals surface area contributed by atoms with Crippen LogP contribution in [0.5, 0.6) is 11.5 Å². The molecule has 0 aliphatic carbocycles. The Balaban J connectivity index is 2.63. The lowest BCUT2D eigenvalue weighted by molar-refractivity contribution is 0.0681. The second-order valence-electron chi connectivity index (χ2n) is 4.93. The van der Waals surface area contributed by atoms with Crippen LogP contribution in [0.3, 0.4) is 0 Å². The van der Waals surface area contributed by atoms with Crippen LogP contribution in [0.15, 0.2) is 12.1 Å². The molecule has 0 unspecified atom stereocenters. The third-order valence-corrected chi connectivity index (χ3v) is 3.00. The van der Waals surface area contributed by atoms with Crippen molar-refractivity contribution in [2.24, 2.45) is 5.92 Å². The summed E-state index contributed by atoms with van der Waals surface area (Å²) in [5.41, 5.74) is -0.0264. The van der Waals surface area contributed by atoms with E-state index in [9.17, 15) is 9.90 Å². The van der Waals surface area contributed by atoms with Crippen LogP contribution in [-0.4, -0.2) is 38.0 Å². The highest BCUT2D eigenvalue weighted by Crippen LogP contribution is 2.34. The molecule has 1 N–H and O–H groups in total. The average molecular weight is 317 g/mol. The van der Waals surface area contributed by atoms with Crippen LogP contribution in [0, 0.1) is 5.92 Å². The van der Waals surface area contributed by atoms with Crippen molar-refractivity contribution in [2.75, 3.05) is 26.9 Å². The van der Waals surface area contributed by atoms with Crippen LogP contribution in [0.1, 0.15) is 30.6 Å². The molecule has 0 saturated heterocycles. The number of carboxylic acid groups (broad SMARTS) is 1. The smallest absolute Gasteiger partial charge is 0.339 e. The van der Waals surface area contributed by atoms with Crippen LogP contribution >= 0.6 is 11.6 Å². The summed E-state index contributed by atoms with van der Waals surface area (Å²) < 4.78 is 16.0. The molecule has 1 aromatic carbocycles. The van der Waals surface area contributed by atoms with Crippen molar-refractivity contribution in [1.82, 2.24) is 0 Å². The molecule has 0 saturated carbocycles. The topological polar surface area (TPSA) is 65.0 Å². The number of halogens is 1. The van der Waals surface area contributed by atoms with Gasteiger partial charge in [0.05, 0.1) is 13.7 Å². The van der Waals surface area contributed by atoms with Crippen LogP contribution in [0.4, 0.5) is 0 Å². The van der Waals surface area contributed by atoms with E-state index in [4.69, 9.17) is 25.8 Å². The van der Waals surface area contributed by atoms with E-state index in [-0.39, 0.29) is 22.9 Å². The first-order valence-corrected chi connectivity index (χ1v) is 7.14. The highest BCUT2D eigenvalue weighted by Gasteiger charge is 2.18. The Hall–Kier alpha value is -1.46. The monoisotopic (exact) mass is 316 g/mol. The van der Waals surface area contributed by atoms with Crippen LogP contribution in [0.25, 0.3) is 0 Å². The first-order valence-electron chi connectivity index (χ1n) is 6.77. The van der Waals surface area contributed by atoms with Crippen molar-refractivity contribution in [3.63, 3.8) is 0 Å². The van der Waals surface area contributed by atoms with E-state index in [1.807, 2.05) is 0 Å². The molecule has 118 valence electrons. The van der Waals surface area contributed by atoms with Gasteiger partial charge in [-0.2, -0.15) is 0 Å². The number of ether oxygens (including phenoxy) is 3. The standard InChI is InChI=1S/C15H21ClO5/c1-10(2)4-5-20-6-7-21-14-12(15(17)18)8-11(16)9-13(14)19-3/h8-10H,4-7H2,1-3H3,(H,17,18). The molecule has 0 radical (unpaired) electrons. The van der Waals surface area contributed by atoms with E-state index in [0.717, 1.165) is 6.42 Å². The quantitative estimate of drug-likeness (QED) is 0.706. The third-order valence-electron chi connectivity index (χ3n) is 2.78. The van der Waals surface area contributed by atoms with E-state index >= 15 is 0 Å². The van der Waals surface area contributed by atoms with Gasteiger partial charge in [-0.15, -0.1) is 0 Å². The molecule has 0 atom stereocenters. The number of aromatic carboxylic acids is 1. The van der Waals surface area contributed by atoms with Gasteiger partial charge in [-0.1, -0.05) is 25.4 Å². The minimum Gasteiger partial charge on any atom is -0.493 e. The fraction of sp³-hybridized carbons (Fsp3) is 0.533. The Morgan fingerprint density at radius 1 is 1.29 bits per heavy atom. The summed E-state index contributed by atoms with van der Waals surface area (Å²) in [5.74, 6) is -0.0728.